The number of anilines is 1. The van der Waals surface area contributed by atoms with E-state index < -0.39 is 11.0 Å². The van der Waals surface area contributed by atoms with Crippen LogP contribution in [0.5, 0.6) is 0 Å². The van der Waals surface area contributed by atoms with Gasteiger partial charge in [-0.2, -0.15) is 0 Å². The molecule has 4 aliphatic rings. The van der Waals surface area contributed by atoms with Crippen molar-refractivity contribution in [2.24, 2.45) is 11.3 Å². The lowest BCUT2D eigenvalue weighted by Gasteiger charge is -2.53. The Balaban J connectivity index is 1.41. The number of nitrogens with zero attached hydrogens (tertiary/aromatic N) is 1. The molecule has 0 amide bonds. The van der Waals surface area contributed by atoms with Gasteiger partial charge < -0.3 is 14.7 Å². The van der Waals surface area contributed by atoms with Gasteiger partial charge in [-0.15, -0.1) is 0 Å². The number of fused-ring (bicyclic) bond motifs is 4. The number of carbonyl (C=O) groups excluding carboxylic acids is 1. The fraction of sp³-hybridized carbons (Fsp3) is 0.486. The highest BCUT2D eigenvalue weighted by Crippen LogP contribution is 2.64. The summed E-state index contributed by atoms with van der Waals surface area (Å²) in [4.78, 5) is 14.4. The van der Waals surface area contributed by atoms with E-state index in [-0.39, 0.29) is 29.1 Å². The molecule has 3 aliphatic carbocycles. The molecule has 1 heterocycles. The summed E-state index contributed by atoms with van der Waals surface area (Å²) in [6, 6.07) is 17.3. The molecule has 6 rings (SSSR count). The molecule has 2 saturated carbocycles. The van der Waals surface area contributed by atoms with Gasteiger partial charge in [-0.1, -0.05) is 63.8 Å². The third kappa shape index (κ3) is 4.78. The zero-order chi connectivity index (χ0) is 29.2. The van der Waals surface area contributed by atoms with Crippen molar-refractivity contribution in [3.63, 3.8) is 0 Å². The summed E-state index contributed by atoms with van der Waals surface area (Å²) in [5, 5.41) is 12.3. The highest BCUT2D eigenvalue weighted by atomic mass is 16.5. The molecule has 4 nitrogen and oxygen atoms in total. The summed E-state index contributed by atoms with van der Waals surface area (Å²) in [6.07, 6.45) is 5.38. The van der Waals surface area contributed by atoms with Gasteiger partial charge in [-0.3, -0.25) is 4.79 Å². The Morgan fingerprint density at radius 3 is 2.39 bits per heavy atom. The van der Waals surface area contributed by atoms with Crippen LogP contribution in [0.1, 0.15) is 82.4 Å². The summed E-state index contributed by atoms with van der Waals surface area (Å²) in [6.45, 7) is 9.35. The number of hydrogen-bond acceptors (Lipinski definition) is 4. The lowest BCUT2D eigenvalue weighted by atomic mass is 9.55. The Morgan fingerprint density at radius 1 is 1.02 bits per heavy atom. The van der Waals surface area contributed by atoms with Gasteiger partial charge in [0.15, 0.2) is 5.78 Å². The first-order valence-corrected chi connectivity index (χ1v) is 15.1. The lowest BCUT2D eigenvalue weighted by molar-refractivity contribution is -0.115. The molecule has 0 aromatic heterocycles. The summed E-state index contributed by atoms with van der Waals surface area (Å²) in [5.41, 5.74) is 6.87. The predicted molar refractivity (Wildman–Crippen MR) is 165 cm³/mol. The smallest absolute Gasteiger partial charge is 0.156 e. The first-order valence-electron chi connectivity index (χ1n) is 15.1. The lowest BCUT2D eigenvalue weighted by Crippen LogP contribution is -2.53. The Hall–Kier alpha value is -3.13. The molecule has 41 heavy (non-hydrogen) atoms. The minimum atomic E-state index is -1.11. The van der Waals surface area contributed by atoms with E-state index in [1.165, 1.54) is 22.3 Å². The zero-order valence-electron chi connectivity index (χ0n) is 25.4. The minimum Gasteiger partial charge on any atom is -0.378 e. The average molecular weight is 550 g/mol. The highest BCUT2D eigenvalue weighted by molar-refractivity contribution is 5.93. The molecule has 1 N–H and O–H groups in total. The van der Waals surface area contributed by atoms with Crippen molar-refractivity contribution in [1.29, 1.82) is 0 Å². The van der Waals surface area contributed by atoms with Gasteiger partial charge in [0.25, 0.3) is 0 Å². The van der Waals surface area contributed by atoms with E-state index in [4.69, 9.17) is 4.74 Å². The van der Waals surface area contributed by atoms with Crippen molar-refractivity contribution in [2.45, 2.75) is 82.8 Å². The maximum absolute atomic E-state index is 12.3. The second kappa shape index (κ2) is 10.0. The number of ketones is 1. The van der Waals surface area contributed by atoms with Crippen molar-refractivity contribution < 1.29 is 14.6 Å². The molecule has 1 aliphatic heterocycles. The zero-order valence-corrected chi connectivity index (χ0v) is 25.4. The van der Waals surface area contributed by atoms with Crippen LogP contribution in [0.25, 0.3) is 0 Å². The van der Waals surface area contributed by atoms with E-state index in [0.717, 1.165) is 36.1 Å². The predicted octanol–water partition coefficient (Wildman–Crippen LogP) is 6.72. The molecule has 0 spiro atoms. The molecule has 0 radical (unpaired) electrons. The summed E-state index contributed by atoms with van der Waals surface area (Å²) >= 11 is 0. The van der Waals surface area contributed by atoms with Gasteiger partial charge in [0.05, 0.1) is 12.7 Å². The third-order valence-electron chi connectivity index (χ3n) is 10.3. The van der Waals surface area contributed by atoms with Crippen LogP contribution in [0.15, 0.2) is 71.3 Å². The number of hydrogen-bond donors (Lipinski definition) is 1. The van der Waals surface area contributed by atoms with Crippen molar-refractivity contribution in [3.8, 4) is 11.8 Å². The first-order chi connectivity index (χ1) is 19.4. The number of allylic oxidation sites excluding steroid dienone is 1. The normalized spacial score (nSPS) is 31.0. The molecule has 0 saturated heterocycles. The number of rotatable bonds is 2. The van der Waals surface area contributed by atoms with Gasteiger partial charge in [0.2, 0.25) is 0 Å². The fourth-order valence-electron chi connectivity index (χ4n) is 7.75. The number of carbonyl (C=O) groups is 1. The van der Waals surface area contributed by atoms with Crippen LogP contribution in [-0.4, -0.2) is 43.3 Å². The summed E-state index contributed by atoms with van der Waals surface area (Å²) < 4.78 is 6.65. The van der Waals surface area contributed by atoms with E-state index in [9.17, 15) is 9.90 Å². The maximum Gasteiger partial charge on any atom is 0.156 e. The summed E-state index contributed by atoms with van der Waals surface area (Å²) in [7, 11) is 4.11. The molecule has 2 aromatic carbocycles. The quantitative estimate of drug-likeness (QED) is 0.423. The van der Waals surface area contributed by atoms with Crippen LogP contribution in [0.4, 0.5) is 5.69 Å². The molecule has 2 aromatic rings. The van der Waals surface area contributed by atoms with Crippen LogP contribution >= 0.6 is 0 Å². The van der Waals surface area contributed by atoms with E-state index in [1.807, 2.05) is 6.08 Å². The van der Waals surface area contributed by atoms with Gasteiger partial charge in [-0.05, 0) is 95.2 Å². The van der Waals surface area contributed by atoms with Crippen LogP contribution in [-0.2, 0) is 14.9 Å². The molecule has 2 fully saturated rings. The SMILES string of the molecule is CN(C)c1ccc(C2C[C@@]3(C)[C@@H](CC[C@@]3(O)C#Cc3ccc(C(C)(C)C)cc3)[C@@H]3OCC4=CC(=O)CCC4=C23)cc1. The highest BCUT2D eigenvalue weighted by Gasteiger charge is 2.63. The second-order valence-corrected chi connectivity index (χ2v) is 14.0. The van der Waals surface area contributed by atoms with E-state index in [2.05, 4.69) is 107 Å². The largest absolute Gasteiger partial charge is 0.378 e. The minimum absolute atomic E-state index is 0.0745. The monoisotopic (exact) mass is 549 g/mol. The summed E-state index contributed by atoms with van der Waals surface area (Å²) in [5.74, 6) is 7.22. The van der Waals surface area contributed by atoms with Gasteiger partial charge in [0, 0.05) is 43.1 Å². The fourth-order valence-corrected chi connectivity index (χ4v) is 7.75. The Morgan fingerprint density at radius 2 is 1.73 bits per heavy atom. The molecule has 0 bridgehead atoms. The van der Waals surface area contributed by atoms with Crippen molar-refractivity contribution in [1.82, 2.24) is 0 Å². The van der Waals surface area contributed by atoms with Crippen LogP contribution < -0.4 is 4.90 Å². The molecule has 5 atom stereocenters. The third-order valence-corrected chi connectivity index (χ3v) is 10.3. The molecule has 1 unspecified atom stereocenters. The Labute approximate surface area is 245 Å². The second-order valence-electron chi connectivity index (χ2n) is 14.0. The van der Waals surface area contributed by atoms with Crippen molar-refractivity contribution >= 4 is 11.5 Å². The maximum atomic E-state index is 12.3. The van der Waals surface area contributed by atoms with Crippen LogP contribution in [0.3, 0.4) is 0 Å². The Kier molecular flexibility index (Phi) is 6.83. The van der Waals surface area contributed by atoms with Crippen molar-refractivity contribution in [2.75, 3.05) is 25.6 Å². The van der Waals surface area contributed by atoms with Crippen LogP contribution in [0.2, 0.25) is 0 Å². The molecule has 4 heteroatoms. The molecule has 214 valence electrons. The van der Waals surface area contributed by atoms with Gasteiger partial charge in [-0.25, -0.2) is 0 Å². The Bertz CT molecular complexity index is 1480. The molecular formula is C37H43NO3. The average Bonchev–Trinajstić information content (AvgIpc) is 3.21. The molecular weight excluding hydrogens is 506 g/mol. The number of benzene rings is 2. The number of ether oxygens (including phenoxy) is 1. The van der Waals surface area contributed by atoms with E-state index in [1.54, 1.807) is 0 Å². The first kappa shape index (κ1) is 28.0. The van der Waals surface area contributed by atoms with Crippen LogP contribution in [0, 0.1) is 23.2 Å². The van der Waals surface area contributed by atoms with E-state index in [0.29, 0.717) is 19.4 Å². The standard InChI is InChI=1S/C37H43NO3/c1-35(2,3)27-11-7-24(8-12-27)17-19-37(40)20-18-32-34-33(30-16-15-29(39)21-26(30)23-41-34)31(22-36(32,37)4)25-9-13-28(14-10-25)38(5)6/h7-14,21,31-32,34,40H,15-16,18,20,22-23H2,1-6H3/t31?,32-,34-,36-,37-/m0/s1. The van der Waals surface area contributed by atoms with Gasteiger partial charge >= 0.3 is 0 Å². The topological polar surface area (TPSA) is 49.8 Å². The number of aliphatic hydroxyl groups is 1. The van der Waals surface area contributed by atoms with E-state index >= 15 is 0 Å². The van der Waals surface area contributed by atoms with Gasteiger partial charge in [0.1, 0.15) is 5.60 Å². The van der Waals surface area contributed by atoms with Crippen molar-refractivity contribution in [3.05, 3.63) is 88.0 Å².